The number of benzene rings is 1. The number of nitrogens with one attached hydrogen (secondary N) is 1. The van der Waals surface area contributed by atoms with Gasteiger partial charge in [0.1, 0.15) is 0 Å². The molecule has 11 heteroatoms. The van der Waals surface area contributed by atoms with Crippen LogP contribution in [0, 0.1) is 5.92 Å². The van der Waals surface area contributed by atoms with Gasteiger partial charge in [-0.1, -0.05) is 6.07 Å². The van der Waals surface area contributed by atoms with E-state index < -0.39 is 23.2 Å². The average Bonchev–Trinajstić information content (AvgIpc) is 3.35. The van der Waals surface area contributed by atoms with Crippen LogP contribution in [0.25, 0.3) is 0 Å². The minimum atomic E-state index is -4.54. The van der Waals surface area contributed by atoms with Crippen LogP contribution < -0.4 is 10.1 Å². The summed E-state index contributed by atoms with van der Waals surface area (Å²) in [6.45, 7) is 1.41. The minimum absolute atomic E-state index is 0.131. The number of methoxy groups -OCH3 is 1. The van der Waals surface area contributed by atoms with Crippen LogP contribution in [0.15, 0.2) is 36.7 Å². The molecule has 1 amide bonds. The summed E-state index contributed by atoms with van der Waals surface area (Å²) in [5.74, 6) is -0.692. The maximum Gasteiger partial charge on any atom is 0.416 e. The summed E-state index contributed by atoms with van der Waals surface area (Å²) in [6, 6.07) is 4.71. The normalized spacial score (nSPS) is 24.6. The van der Waals surface area contributed by atoms with Crippen molar-refractivity contribution in [1.29, 1.82) is 0 Å². The molecule has 0 spiro atoms. The standard InChI is InChI=1S/C26H31F3N4O4/c1-37-24-31-13-20(14-32-24)25(36)8-5-21(6-9-25)33-10-7-17(16-33)11-22(34)15-30-23(35)18-3-2-4-19(12-18)26(27,28)29/h2-4,12-14,17,21,36H,5-11,15-16H2,1H3,(H,30,35)/t17-,21?,25?/m0/s1. The third kappa shape index (κ3) is 6.64. The van der Waals surface area contributed by atoms with Gasteiger partial charge in [0, 0.05) is 42.5 Å². The number of likely N-dealkylation sites (tertiary alicyclic amines) is 1. The Morgan fingerprint density at radius 1 is 1.19 bits per heavy atom. The van der Waals surface area contributed by atoms with Crippen molar-refractivity contribution in [2.24, 2.45) is 5.92 Å². The van der Waals surface area contributed by atoms with E-state index in [0.29, 0.717) is 30.9 Å². The highest BCUT2D eigenvalue weighted by molar-refractivity contribution is 5.96. The molecule has 37 heavy (non-hydrogen) atoms. The van der Waals surface area contributed by atoms with Gasteiger partial charge in [-0.15, -0.1) is 0 Å². The molecule has 1 atom stereocenters. The predicted molar refractivity (Wildman–Crippen MR) is 128 cm³/mol. The molecule has 2 aliphatic rings. The number of carbonyl (C=O) groups excluding carboxylic acids is 2. The number of rotatable bonds is 8. The number of aromatic nitrogens is 2. The molecular weight excluding hydrogens is 489 g/mol. The lowest BCUT2D eigenvalue weighted by Crippen LogP contribution is -2.41. The van der Waals surface area contributed by atoms with E-state index in [1.165, 1.54) is 19.2 Å². The fraction of sp³-hybridized carbons (Fsp3) is 0.538. The van der Waals surface area contributed by atoms with E-state index in [2.05, 4.69) is 20.2 Å². The molecule has 1 aliphatic carbocycles. The van der Waals surface area contributed by atoms with Crippen molar-refractivity contribution >= 4 is 11.7 Å². The second-order valence-corrected chi connectivity index (χ2v) is 9.87. The monoisotopic (exact) mass is 520 g/mol. The number of alkyl halides is 3. The van der Waals surface area contributed by atoms with Gasteiger partial charge in [0.25, 0.3) is 5.91 Å². The molecule has 0 radical (unpaired) electrons. The van der Waals surface area contributed by atoms with Gasteiger partial charge in [-0.05, 0) is 62.8 Å². The maximum absolute atomic E-state index is 12.9. The molecule has 1 saturated carbocycles. The summed E-state index contributed by atoms with van der Waals surface area (Å²) >= 11 is 0. The maximum atomic E-state index is 12.9. The van der Waals surface area contributed by atoms with Crippen molar-refractivity contribution in [2.75, 3.05) is 26.7 Å². The topological polar surface area (TPSA) is 105 Å². The molecular formula is C26H31F3N4O4. The van der Waals surface area contributed by atoms with Gasteiger partial charge < -0.3 is 20.1 Å². The summed E-state index contributed by atoms with van der Waals surface area (Å²) in [7, 11) is 1.49. The molecule has 1 aromatic carbocycles. The molecule has 1 saturated heterocycles. The van der Waals surface area contributed by atoms with Crippen LogP contribution in [-0.4, -0.2) is 64.5 Å². The molecule has 1 aliphatic heterocycles. The number of aliphatic hydroxyl groups is 1. The Labute approximate surface area is 213 Å². The number of ketones is 1. The summed E-state index contributed by atoms with van der Waals surface area (Å²) in [4.78, 5) is 35.3. The molecule has 8 nitrogen and oxygen atoms in total. The van der Waals surface area contributed by atoms with Crippen molar-refractivity contribution < 1.29 is 32.6 Å². The Hall–Kier alpha value is -3.05. The molecule has 200 valence electrons. The van der Waals surface area contributed by atoms with Crippen LogP contribution in [0.1, 0.15) is 60.0 Å². The first-order chi connectivity index (χ1) is 17.6. The zero-order valence-corrected chi connectivity index (χ0v) is 20.6. The van der Waals surface area contributed by atoms with Crippen molar-refractivity contribution in [2.45, 2.75) is 56.3 Å². The number of Topliss-reactive ketones (excluding diaryl/α,β-unsaturated/α-hetero) is 1. The number of hydrogen-bond acceptors (Lipinski definition) is 7. The molecule has 0 unspecified atom stereocenters. The van der Waals surface area contributed by atoms with Crippen molar-refractivity contribution in [3.05, 3.63) is 53.3 Å². The Morgan fingerprint density at radius 2 is 1.89 bits per heavy atom. The molecule has 2 heterocycles. The smallest absolute Gasteiger partial charge is 0.416 e. The summed E-state index contributed by atoms with van der Waals surface area (Å²) in [6.07, 6.45) is 2.66. The third-order valence-corrected chi connectivity index (χ3v) is 7.38. The molecule has 2 fully saturated rings. The van der Waals surface area contributed by atoms with Crippen molar-refractivity contribution in [3.63, 3.8) is 0 Å². The second kappa shape index (κ2) is 11.1. The first kappa shape index (κ1) is 27.0. The molecule has 1 aromatic heterocycles. The highest BCUT2D eigenvalue weighted by atomic mass is 19.4. The van der Waals surface area contributed by atoms with E-state index in [4.69, 9.17) is 4.74 Å². The van der Waals surface area contributed by atoms with Crippen LogP contribution in [0.2, 0.25) is 0 Å². The van der Waals surface area contributed by atoms with E-state index in [0.717, 1.165) is 44.5 Å². The summed E-state index contributed by atoms with van der Waals surface area (Å²) in [5.41, 5.74) is -1.32. The van der Waals surface area contributed by atoms with E-state index in [-0.39, 0.29) is 29.8 Å². The highest BCUT2D eigenvalue weighted by Gasteiger charge is 2.39. The average molecular weight is 521 g/mol. The lowest BCUT2D eigenvalue weighted by molar-refractivity contribution is -0.137. The fourth-order valence-electron chi connectivity index (χ4n) is 5.27. The fourth-order valence-corrected chi connectivity index (χ4v) is 5.27. The highest BCUT2D eigenvalue weighted by Crippen LogP contribution is 2.39. The van der Waals surface area contributed by atoms with Gasteiger partial charge in [-0.25, -0.2) is 9.97 Å². The molecule has 2 aromatic rings. The van der Waals surface area contributed by atoms with E-state index in [1.807, 2.05) is 0 Å². The second-order valence-electron chi connectivity index (χ2n) is 9.87. The number of amides is 1. The Balaban J connectivity index is 1.21. The van der Waals surface area contributed by atoms with Crippen LogP contribution in [0.3, 0.4) is 0 Å². The van der Waals surface area contributed by atoms with Gasteiger partial charge in [0.2, 0.25) is 0 Å². The van der Waals surface area contributed by atoms with Gasteiger partial charge in [0.05, 0.1) is 24.8 Å². The van der Waals surface area contributed by atoms with Gasteiger partial charge >= 0.3 is 12.2 Å². The largest absolute Gasteiger partial charge is 0.467 e. The first-order valence-electron chi connectivity index (χ1n) is 12.4. The van der Waals surface area contributed by atoms with Crippen LogP contribution >= 0.6 is 0 Å². The van der Waals surface area contributed by atoms with E-state index in [1.54, 1.807) is 12.4 Å². The Bertz CT molecular complexity index is 1100. The lowest BCUT2D eigenvalue weighted by Gasteiger charge is -2.39. The number of halogens is 3. The molecule has 2 N–H and O–H groups in total. The van der Waals surface area contributed by atoms with E-state index in [9.17, 15) is 27.9 Å². The van der Waals surface area contributed by atoms with Crippen LogP contribution in [-0.2, 0) is 16.6 Å². The minimum Gasteiger partial charge on any atom is -0.467 e. The third-order valence-electron chi connectivity index (χ3n) is 7.38. The quantitative estimate of drug-likeness (QED) is 0.550. The predicted octanol–water partition coefficient (Wildman–Crippen LogP) is 3.35. The number of nitrogens with zero attached hydrogens (tertiary/aromatic N) is 3. The van der Waals surface area contributed by atoms with Crippen molar-refractivity contribution in [3.8, 4) is 6.01 Å². The summed E-state index contributed by atoms with van der Waals surface area (Å²) in [5, 5.41) is 13.5. The zero-order valence-electron chi connectivity index (χ0n) is 20.6. The van der Waals surface area contributed by atoms with Gasteiger partial charge in [-0.2, -0.15) is 13.2 Å². The Kier molecular flexibility index (Phi) is 8.13. The van der Waals surface area contributed by atoms with E-state index >= 15 is 0 Å². The lowest BCUT2D eigenvalue weighted by atomic mass is 9.78. The zero-order chi connectivity index (χ0) is 26.6. The number of hydrogen-bond donors (Lipinski definition) is 2. The van der Waals surface area contributed by atoms with Crippen molar-refractivity contribution in [1.82, 2.24) is 20.2 Å². The summed E-state index contributed by atoms with van der Waals surface area (Å²) < 4.78 is 43.6. The first-order valence-corrected chi connectivity index (χ1v) is 12.4. The molecule has 4 rings (SSSR count). The van der Waals surface area contributed by atoms with Gasteiger partial charge in [-0.3, -0.25) is 9.59 Å². The van der Waals surface area contributed by atoms with Crippen LogP contribution in [0.5, 0.6) is 6.01 Å². The SMILES string of the molecule is COc1ncc(C2(O)CCC(N3CC[C@@H](CC(=O)CNC(=O)c4cccc(C(F)(F)F)c4)C3)CC2)cn1. The molecule has 0 bridgehead atoms. The number of ether oxygens (including phenoxy) is 1. The van der Waals surface area contributed by atoms with Crippen LogP contribution in [0.4, 0.5) is 13.2 Å². The Morgan fingerprint density at radius 3 is 2.54 bits per heavy atom. The number of carbonyl (C=O) groups is 2. The van der Waals surface area contributed by atoms with Gasteiger partial charge in [0.15, 0.2) is 5.78 Å².